The van der Waals surface area contributed by atoms with Gasteiger partial charge in [0, 0.05) is 61.8 Å². The Kier molecular flexibility index (Phi) is 12.2. The molecule has 1 atom stereocenters. The van der Waals surface area contributed by atoms with Gasteiger partial charge in [-0.2, -0.15) is 0 Å². The number of likely N-dealkylation sites (tertiary alicyclic amines) is 1. The smallest absolute Gasteiger partial charge is 0.223 e. The number of nitrogens with one attached hydrogen (secondary N) is 2. The van der Waals surface area contributed by atoms with Gasteiger partial charge in [-0.05, 0) is 56.8 Å². The van der Waals surface area contributed by atoms with Crippen molar-refractivity contribution in [3.05, 3.63) is 35.7 Å². The lowest BCUT2D eigenvalue weighted by atomic mass is 10.1. The molecule has 2 fully saturated rings. The van der Waals surface area contributed by atoms with E-state index in [1.54, 1.807) is 0 Å². The summed E-state index contributed by atoms with van der Waals surface area (Å²) in [5.74, 6) is 1.30. The Labute approximate surface area is 206 Å². The van der Waals surface area contributed by atoms with Gasteiger partial charge >= 0.3 is 0 Å². The normalized spacial score (nSPS) is 18.7. The van der Waals surface area contributed by atoms with E-state index in [9.17, 15) is 9.59 Å². The third-order valence-electron chi connectivity index (χ3n) is 6.02. The summed E-state index contributed by atoms with van der Waals surface area (Å²) >= 11 is 0. The van der Waals surface area contributed by atoms with E-state index in [1.807, 2.05) is 39.9 Å². The van der Waals surface area contributed by atoms with E-state index >= 15 is 0 Å². The number of hydrogen-bond acceptors (Lipinski definition) is 6. The average Bonchev–Trinajstić information content (AvgIpc) is 3.53. The third kappa shape index (κ3) is 11.0. The molecule has 8 heteroatoms. The second kappa shape index (κ2) is 15.4. The summed E-state index contributed by atoms with van der Waals surface area (Å²) in [5, 5.41) is 6.52. The van der Waals surface area contributed by atoms with Crippen LogP contribution in [-0.4, -0.2) is 65.4 Å². The van der Waals surface area contributed by atoms with Crippen molar-refractivity contribution >= 4 is 39.5 Å². The number of carbonyl (C=O) groups is 2. The molecule has 0 radical (unpaired) electrons. The third-order valence-corrected chi connectivity index (χ3v) is 9.03. The Morgan fingerprint density at radius 1 is 1.12 bits per heavy atom. The molecule has 2 amide bonds. The van der Waals surface area contributed by atoms with Crippen LogP contribution in [-0.2, 0) is 16.0 Å². The highest BCUT2D eigenvalue weighted by Crippen LogP contribution is 2.39. The fraction of sp³-hybridized carbons (Fsp3) is 0.640. The van der Waals surface area contributed by atoms with Crippen molar-refractivity contribution < 1.29 is 9.59 Å². The number of aromatic nitrogens is 1. The number of nitrogens with zero attached hydrogens (tertiary/aromatic N) is 2. The fourth-order valence-electron chi connectivity index (χ4n) is 4.05. The summed E-state index contributed by atoms with van der Waals surface area (Å²) in [4.78, 5) is 30.9. The molecule has 0 spiro atoms. The molecule has 3 heterocycles. The van der Waals surface area contributed by atoms with E-state index in [4.69, 9.17) is 0 Å². The summed E-state index contributed by atoms with van der Waals surface area (Å²) < 4.78 is 0. The lowest BCUT2D eigenvalue weighted by Crippen LogP contribution is -2.34. The highest BCUT2D eigenvalue weighted by molar-refractivity contribution is 8.77. The quantitative estimate of drug-likeness (QED) is 0.303. The molecule has 0 bridgehead atoms. The zero-order valence-electron chi connectivity index (χ0n) is 19.6. The van der Waals surface area contributed by atoms with E-state index in [0.717, 1.165) is 42.3 Å². The second-order valence-electron chi connectivity index (χ2n) is 8.76. The number of unbranched alkanes of at least 4 members (excludes halogenated alkanes) is 1. The fourth-order valence-corrected chi connectivity index (χ4v) is 7.08. The van der Waals surface area contributed by atoms with Gasteiger partial charge in [0.05, 0.1) is 0 Å². The molecule has 2 N–H and O–H groups in total. The number of carbonyl (C=O) groups excluding carboxylic acids is 2. The van der Waals surface area contributed by atoms with E-state index < -0.39 is 0 Å². The Balaban J connectivity index is 1.18. The molecule has 6 nitrogen and oxygen atoms in total. The Bertz CT molecular complexity index is 745. The Morgan fingerprint density at radius 3 is 2.67 bits per heavy atom. The molecule has 33 heavy (non-hydrogen) atoms. The summed E-state index contributed by atoms with van der Waals surface area (Å²) in [6, 6.07) is 4.13. The van der Waals surface area contributed by atoms with Crippen LogP contribution < -0.4 is 10.6 Å². The SMILES string of the molecule is O=C(C/C=C/c1ccc(CCN2CCCC2)nc1)NCCNC(=O)CCCCC1CCSS1. The van der Waals surface area contributed by atoms with Gasteiger partial charge in [0.15, 0.2) is 0 Å². The van der Waals surface area contributed by atoms with Crippen LogP contribution in [0, 0.1) is 0 Å². The van der Waals surface area contributed by atoms with E-state index in [1.165, 1.54) is 44.5 Å². The lowest BCUT2D eigenvalue weighted by molar-refractivity contribution is -0.122. The van der Waals surface area contributed by atoms with Gasteiger partial charge < -0.3 is 15.5 Å². The summed E-state index contributed by atoms with van der Waals surface area (Å²) in [6.07, 6.45) is 14.8. The highest BCUT2D eigenvalue weighted by Gasteiger charge is 2.15. The molecule has 182 valence electrons. The summed E-state index contributed by atoms with van der Waals surface area (Å²) in [7, 11) is 3.96. The minimum absolute atomic E-state index is 0.0392. The average molecular weight is 491 g/mol. The number of hydrogen-bond donors (Lipinski definition) is 2. The second-order valence-corrected chi connectivity index (χ2v) is 11.6. The Hall–Kier alpha value is -1.51. The molecule has 0 saturated carbocycles. The van der Waals surface area contributed by atoms with Crippen LogP contribution in [0.25, 0.3) is 6.08 Å². The summed E-state index contributed by atoms with van der Waals surface area (Å²) in [5.41, 5.74) is 2.12. The molecule has 3 rings (SSSR count). The minimum Gasteiger partial charge on any atom is -0.354 e. The van der Waals surface area contributed by atoms with E-state index in [2.05, 4.69) is 32.7 Å². The van der Waals surface area contributed by atoms with Gasteiger partial charge in [0.25, 0.3) is 0 Å². The van der Waals surface area contributed by atoms with Crippen molar-refractivity contribution in [3.8, 4) is 0 Å². The molecule has 2 saturated heterocycles. The molecule has 1 unspecified atom stereocenters. The van der Waals surface area contributed by atoms with Gasteiger partial charge in [0.1, 0.15) is 0 Å². The first-order valence-corrected chi connectivity index (χ1v) is 14.7. The van der Waals surface area contributed by atoms with E-state index in [-0.39, 0.29) is 11.8 Å². The van der Waals surface area contributed by atoms with Crippen LogP contribution in [0.3, 0.4) is 0 Å². The highest BCUT2D eigenvalue weighted by atomic mass is 33.1. The molecule has 2 aliphatic heterocycles. The van der Waals surface area contributed by atoms with Gasteiger partial charge in [-0.15, -0.1) is 0 Å². The molecule has 0 aliphatic carbocycles. The van der Waals surface area contributed by atoms with Gasteiger partial charge in [-0.25, -0.2) is 0 Å². The lowest BCUT2D eigenvalue weighted by Gasteiger charge is -2.13. The molecule has 1 aromatic heterocycles. The largest absolute Gasteiger partial charge is 0.354 e. The minimum atomic E-state index is -0.0392. The molecule has 1 aromatic rings. The van der Waals surface area contributed by atoms with Crippen LogP contribution in [0.15, 0.2) is 24.4 Å². The van der Waals surface area contributed by atoms with Gasteiger partial charge in [-0.1, -0.05) is 46.2 Å². The van der Waals surface area contributed by atoms with Crippen LogP contribution in [0.1, 0.15) is 62.6 Å². The zero-order chi connectivity index (χ0) is 23.1. The number of amides is 2. The predicted molar refractivity (Wildman–Crippen MR) is 140 cm³/mol. The van der Waals surface area contributed by atoms with Crippen molar-refractivity contribution in [2.45, 2.75) is 63.0 Å². The van der Waals surface area contributed by atoms with Crippen molar-refractivity contribution in [1.29, 1.82) is 0 Å². The van der Waals surface area contributed by atoms with Crippen molar-refractivity contribution in [1.82, 2.24) is 20.5 Å². The Morgan fingerprint density at radius 2 is 1.94 bits per heavy atom. The zero-order valence-corrected chi connectivity index (χ0v) is 21.2. The van der Waals surface area contributed by atoms with Crippen LogP contribution in [0.5, 0.6) is 0 Å². The monoisotopic (exact) mass is 490 g/mol. The van der Waals surface area contributed by atoms with Crippen molar-refractivity contribution in [3.63, 3.8) is 0 Å². The molecule has 2 aliphatic rings. The maximum absolute atomic E-state index is 12.0. The topological polar surface area (TPSA) is 74.3 Å². The standard InChI is InChI=1S/C25H38N4O2S2/c30-24(8-2-1-7-23-13-19-32-33-23)26-14-15-27-25(31)9-5-6-21-10-11-22(28-20-21)12-18-29-16-3-4-17-29/h5-6,10-11,20,23H,1-4,7-9,12-19H2,(H,26,30)(H,27,31)/b6-5+. The maximum Gasteiger partial charge on any atom is 0.223 e. The van der Waals surface area contributed by atoms with Crippen molar-refractivity contribution in [2.24, 2.45) is 0 Å². The van der Waals surface area contributed by atoms with Crippen molar-refractivity contribution in [2.75, 3.05) is 38.5 Å². The van der Waals surface area contributed by atoms with Gasteiger partial charge in [0.2, 0.25) is 11.8 Å². The molecular weight excluding hydrogens is 452 g/mol. The van der Waals surface area contributed by atoms with Crippen LogP contribution >= 0.6 is 21.6 Å². The molecule has 0 aromatic carbocycles. The van der Waals surface area contributed by atoms with E-state index in [0.29, 0.717) is 25.9 Å². The first kappa shape index (κ1) is 26.1. The number of rotatable bonds is 14. The summed E-state index contributed by atoms with van der Waals surface area (Å²) in [6.45, 7) is 4.46. The first-order chi connectivity index (χ1) is 16.2. The molecular formula is C25H38N4O2S2. The maximum atomic E-state index is 12.0. The van der Waals surface area contributed by atoms with Crippen LogP contribution in [0.2, 0.25) is 0 Å². The number of pyridine rings is 1. The predicted octanol–water partition coefficient (Wildman–Crippen LogP) is 4.07. The van der Waals surface area contributed by atoms with Gasteiger partial charge in [-0.3, -0.25) is 14.6 Å². The van der Waals surface area contributed by atoms with Crippen LogP contribution in [0.4, 0.5) is 0 Å². The first-order valence-electron chi connectivity index (χ1n) is 12.3.